The summed E-state index contributed by atoms with van der Waals surface area (Å²) >= 11 is 0. The third kappa shape index (κ3) is 4.69. The van der Waals surface area contributed by atoms with E-state index in [0.717, 1.165) is 24.3 Å². The minimum Gasteiger partial charge on any atom is -0.479 e. The van der Waals surface area contributed by atoms with Gasteiger partial charge in [-0.15, -0.1) is 0 Å². The van der Waals surface area contributed by atoms with Crippen molar-refractivity contribution in [1.82, 2.24) is 16.0 Å². The van der Waals surface area contributed by atoms with Crippen molar-refractivity contribution in [2.45, 2.75) is 37.8 Å². The Morgan fingerprint density at radius 2 is 1.88 bits per heavy atom. The molecule has 1 aliphatic heterocycles. The third-order valence-corrected chi connectivity index (χ3v) is 3.64. The maximum absolute atomic E-state index is 12.6. The number of benzene rings is 1. The van der Waals surface area contributed by atoms with Crippen molar-refractivity contribution in [2.24, 2.45) is 0 Å². The number of hydrogen-bond donors (Lipinski definition) is 4. The minimum atomic E-state index is -4.55. The van der Waals surface area contributed by atoms with Crippen LogP contribution >= 0.6 is 0 Å². The second kappa shape index (κ2) is 7.09. The SMILES string of the molecule is CC1NC(=O)CC(C(=O)N[C@H](C(=O)O)c2ccc(C(F)(F)F)cc2)N1. The predicted molar refractivity (Wildman–Crippen MR) is 79.1 cm³/mol. The highest BCUT2D eigenvalue weighted by atomic mass is 19.4. The van der Waals surface area contributed by atoms with E-state index < -0.39 is 41.9 Å². The number of nitrogens with one attached hydrogen (secondary N) is 3. The van der Waals surface area contributed by atoms with Crippen LogP contribution in [-0.2, 0) is 20.6 Å². The fraction of sp³-hybridized carbons (Fsp3) is 0.400. The number of carbonyl (C=O) groups is 3. The highest BCUT2D eigenvalue weighted by Crippen LogP contribution is 2.30. The number of carbonyl (C=O) groups excluding carboxylic acids is 2. The molecule has 7 nitrogen and oxygen atoms in total. The standard InChI is InChI=1S/C15H16F3N3O4/c1-7-19-10(6-11(22)20-7)13(23)21-12(14(24)25)8-2-4-9(5-3-8)15(16,17)18/h2-5,7,10,12,19H,6H2,1H3,(H,20,22)(H,21,23)(H,24,25)/t7?,10?,12-/m0/s1. The Morgan fingerprint density at radius 3 is 2.36 bits per heavy atom. The number of amides is 2. The second-order valence-electron chi connectivity index (χ2n) is 5.61. The van der Waals surface area contributed by atoms with Gasteiger partial charge in [0.1, 0.15) is 0 Å². The number of aliphatic carboxylic acids is 1. The summed E-state index contributed by atoms with van der Waals surface area (Å²) in [5, 5.41) is 16.8. The van der Waals surface area contributed by atoms with Gasteiger partial charge in [-0.05, 0) is 24.6 Å². The van der Waals surface area contributed by atoms with Gasteiger partial charge in [0, 0.05) is 0 Å². The normalized spacial score (nSPS) is 22.0. The van der Waals surface area contributed by atoms with Gasteiger partial charge in [0.25, 0.3) is 0 Å². The third-order valence-electron chi connectivity index (χ3n) is 3.64. The van der Waals surface area contributed by atoms with Crippen molar-refractivity contribution in [3.05, 3.63) is 35.4 Å². The largest absolute Gasteiger partial charge is 0.479 e. The van der Waals surface area contributed by atoms with Crippen LogP contribution in [0.15, 0.2) is 24.3 Å². The lowest BCUT2D eigenvalue weighted by Crippen LogP contribution is -2.60. The van der Waals surface area contributed by atoms with E-state index >= 15 is 0 Å². The highest BCUT2D eigenvalue weighted by Gasteiger charge is 2.33. The number of hydrogen-bond acceptors (Lipinski definition) is 4. The van der Waals surface area contributed by atoms with E-state index in [1.54, 1.807) is 6.92 Å². The topological polar surface area (TPSA) is 108 Å². The summed E-state index contributed by atoms with van der Waals surface area (Å²) in [5.74, 6) is -2.52. The Kier molecular flexibility index (Phi) is 5.31. The molecule has 1 fully saturated rings. The van der Waals surface area contributed by atoms with Gasteiger partial charge < -0.3 is 15.7 Å². The number of carboxylic acids is 1. The van der Waals surface area contributed by atoms with Gasteiger partial charge in [-0.2, -0.15) is 13.2 Å². The Bertz CT molecular complexity index is 676. The second-order valence-corrected chi connectivity index (χ2v) is 5.61. The average Bonchev–Trinajstić information content (AvgIpc) is 2.50. The summed E-state index contributed by atoms with van der Waals surface area (Å²) < 4.78 is 37.7. The number of halogens is 3. The molecule has 0 bridgehead atoms. The van der Waals surface area contributed by atoms with E-state index in [-0.39, 0.29) is 17.9 Å². The van der Waals surface area contributed by atoms with Crippen LogP contribution in [0.1, 0.15) is 30.5 Å². The van der Waals surface area contributed by atoms with E-state index in [0.29, 0.717) is 0 Å². The van der Waals surface area contributed by atoms with Crippen LogP contribution in [0, 0.1) is 0 Å². The van der Waals surface area contributed by atoms with Crippen molar-refractivity contribution in [3.8, 4) is 0 Å². The van der Waals surface area contributed by atoms with Crippen molar-refractivity contribution in [2.75, 3.05) is 0 Å². The summed E-state index contributed by atoms with van der Waals surface area (Å²) in [4.78, 5) is 35.1. The number of alkyl halides is 3. The predicted octanol–water partition coefficient (Wildman–Crippen LogP) is 0.771. The summed E-state index contributed by atoms with van der Waals surface area (Å²) in [6.45, 7) is 1.61. The molecule has 2 unspecified atom stereocenters. The monoisotopic (exact) mass is 359 g/mol. The van der Waals surface area contributed by atoms with Gasteiger partial charge in [-0.25, -0.2) is 4.79 Å². The van der Waals surface area contributed by atoms with Crippen LogP contribution in [0.2, 0.25) is 0 Å². The lowest BCUT2D eigenvalue weighted by atomic mass is 10.0. The molecule has 25 heavy (non-hydrogen) atoms. The van der Waals surface area contributed by atoms with Gasteiger partial charge in [-0.1, -0.05) is 12.1 Å². The summed E-state index contributed by atoms with van der Waals surface area (Å²) in [5.41, 5.74) is -0.937. The van der Waals surface area contributed by atoms with Crippen LogP contribution < -0.4 is 16.0 Å². The van der Waals surface area contributed by atoms with Crippen molar-refractivity contribution >= 4 is 17.8 Å². The van der Waals surface area contributed by atoms with Crippen LogP contribution in [0.25, 0.3) is 0 Å². The Labute approximate surface area is 140 Å². The molecule has 10 heteroatoms. The van der Waals surface area contributed by atoms with Gasteiger partial charge in [0.05, 0.1) is 24.2 Å². The zero-order valence-electron chi connectivity index (χ0n) is 13.1. The van der Waals surface area contributed by atoms with Crippen LogP contribution in [0.4, 0.5) is 13.2 Å². The fourth-order valence-electron chi connectivity index (χ4n) is 2.45. The van der Waals surface area contributed by atoms with Gasteiger partial charge >= 0.3 is 12.1 Å². The molecule has 3 atom stereocenters. The average molecular weight is 359 g/mol. The molecule has 1 aromatic carbocycles. The van der Waals surface area contributed by atoms with Crippen molar-refractivity contribution in [3.63, 3.8) is 0 Å². The zero-order chi connectivity index (χ0) is 18.8. The maximum Gasteiger partial charge on any atom is 0.416 e. The zero-order valence-corrected chi connectivity index (χ0v) is 13.1. The molecule has 1 saturated heterocycles. The Hall–Kier alpha value is -2.62. The molecule has 0 saturated carbocycles. The van der Waals surface area contributed by atoms with Gasteiger partial charge in [0.2, 0.25) is 11.8 Å². The first-order valence-corrected chi connectivity index (χ1v) is 7.33. The number of rotatable bonds is 4. The molecule has 1 heterocycles. The molecule has 0 spiro atoms. The molecule has 0 aromatic heterocycles. The maximum atomic E-state index is 12.6. The molecule has 4 N–H and O–H groups in total. The van der Waals surface area contributed by atoms with Crippen LogP contribution in [0.3, 0.4) is 0 Å². The van der Waals surface area contributed by atoms with Crippen LogP contribution in [-0.4, -0.2) is 35.1 Å². The Balaban J connectivity index is 2.14. The summed E-state index contributed by atoms with van der Waals surface area (Å²) in [6, 6.07) is 1.01. The molecule has 0 radical (unpaired) electrons. The summed E-state index contributed by atoms with van der Waals surface area (Å²) in [7, 11) is 0. The lowest BCUT2D eigenvalue weighted by molar-refractivity contribution is -0.142. The quantitative estimate of drug-likeness (QED) is 0.635. The highest BCUT2D eigenvalue weighted by molar-refractivity contribution is 5.92. The molecule has 1 aromatic rings. The fourth-order valence-corrected chi connectivity index (χ4v) is 2.45. The first-order chi connectivity index (χ1) is 11.6. The van der Waals surface area contributed by atoms with Crippen LogP contribution in [0.5, 0.6) is 0 Å². The van der Waals surface area contributed by atoms with E-state index in [1.807, 2.05) is 0 Å². The van der Waals surface area contributed by atoms with Gasteiger partial charge in [0.15, 0.2) is 6.04 Å². The van der Waals surface area contributed by atoms with E-state index in [9.17, 15) is 32.7 Å². The minimum absolute atomic E-state index is 0.0119. The van der Waals surface area contributed by atoms with E-state index in [2.05, 4.69) is 16.0 Å². The number of carboxylic acid groups (broad SMARTS) is 1. The molecular formula is C15H16F3N3O4. The Morgan fingerprint density at radius 1 is 1.28 bits per heavy atom. The molecule has 2 amide bonds. The molecule has 0 aliphatic carbocycles. The van der Waals surface area contributed by atoms with Crippen molar-refractivity contribution in [1.29, 1.82) is 0 Å². The van der Waals surface area contributed by atoms with Gasteiger partial charge in [-0.3, -0.25) is 14.9 Å². The first kappa shape index (κ1) is 18.7. The van der Waals surface area contributed by atoms with Crippen molar-refractivity contribution < 1.29 is 32.7 Å². The van der Waals surface area contributed by atoms with E-state index in [4.69, 9.17) is 0 Å². The smallest absolute Gasteiger partial charge is 0.416 e. The first-order valence-electron chi connectivity index (χ1n) is 7.33. The molecule has 1 aliphatic rings. The lowest BCUT2D eigenvalue weighted by Gasteiger charge is -2.29. The van der Waals surface area contributed by atoms with E-state index in [1.165, 1.54) is 0 Å². The summed E-state index contributed by atoms with van der Waals surface area (Å²) in [6.07, 6.45) is -5.18. The molecule has 2 rings (SSSR count). The molecular weight excluding hydrogens is 343 g/mol. The molecule has 136 valence electrons.